The van der Waals surface area contributed by atoms with Gasteiger partial charge in [-0.3, -0.25) is 0 Å². The minimum absolute atomic E-state index is 0.321. The Morgan fingerprint density at radius 3 is 2.06 bits per heavy atom. The number of nitrogens with two attached hydrogens (primary N) is 1. The van der Waals surface area contributed by atoms with Gasteiger partial charge in [0.2, 0.25) is 0 Å². The summed E-state index contributed by atoms with van der Waals surface area (Å²) in [7, 11) is -0.339. The third-order valence-corrected chi connectivity index (χ3v) is 3.32. The van der Waals surface area contributed by atoms with Crippen LogP contribution >= 0.6 is 0 Å². The molecule has 4 nitrogen and oxygen atoms in total. The van der Waals surface area contributed by atoms with Crippen molar-refractivity contribution in [3.8, 4) is 0 Å². The highest BCUT2D eigenvalue weighted by Gasteiger charge is 2.51. The van der Waals surface area contributed by atoms with Crippen LogP contribution in [0, 0.1) is 0 Å². The van der Waals surface area contributed by atoms with Crippen LogP contribution in [-0.2, 0) is 9.31 Å². The Balaban J connectivity index is 2.81. The summed E-state index contributed by atoms with van der Waals surface area (Å²) in [5.74, 6) is 0.376. The molecule has 0 saturated carbocycles. The molecule has 0 aromatic rings. The molecule has 94 valence electrons. The summed E-state index contributed by atoms with van der Waals surface area (Å²) in [6.45, 7) is 13.4. The second-order valence-corrected chi connectivity index (χ2v) is 5.25. The van der Waals surface area contributed by atoms with E-state index in [0.717, 1.165) is 5.47 Å². The molecule has 1 saturated heterocycles. The zero-order valence-corrected chi connectivity index (χ0v) is 11.3. The lowest BCUT2D eigenvalue weighted by atomic mass is 9.79. The van der Waals surface area contributed by atoms with Gasteiger partial charge in [0.1, 0.15) is 5.82 Å². The van der Waals surface area contributed by atoms with E-state index < -0.39 is 0 Å². The minimum Gasteiger partial charge on any atom is -0.400 e. The van der Waals surface area contributed by atoms with Crippen molar-refractivity contribution in [2.45, 2.75) is 45.8 Å². The van der Waals surface area contributed by atoms with Crippen molar-refractivity contribution in [1.82, 2.24) is 0 Å². The maximum atomic E-state index is 5.88. The number of hydrogen-bond acceptors (Lipinski definition) is 4. The van der Waals surface area contributed by atoms with E-state index in [2.05, 4.69) is 11.7 Å². The number of allylic oxidation sites excluding steroid dienone is 3. The first-order valence-corrected chi connectivity index (χ1v) is 5.66. The summed E-state index contributed by atoms with van der Waals surface area (Å²) in [5, 5.41) is 0. The average molecular weight is 236 g/mol. The molecule has 0 aliphatic carbocycles. The molecule has 1 aliphatic rings. The van der Waals surface area contributed by atoms with Gasteiger partial charge in [0.05, 0.1) is 11.2 Å². The quantitative estimate of drug-likeness (QED) is 0.463. The van der Waals surface area contributed by atoms with Crippen LogP contribution in [0.4, 0.5) is 0 Å². The average Bonchev–Trinajstić information content (AvgIpc) is 2.44. The molecule has 17 heavy (non-hydrogen) atoms. The molecule has 1 heterocycles. The first kappa shape index (κ1) is 14.0. The van der Waals surface area contributed by atoms with E-state index in [1.807, 2.05) is 40.7 Å². The van der Waals surface area contributed by atoms with Gasteiger partial charge < -0.3 is 15.0 Å². The number of hydrogen-bond donors (Lipinski definition) is 1. The van der Waals surface area contributed by atoms with Crippen LogP contribution in [0.25, 0.3) is 0 Å². The highest BCUT2D eigenvalue weighted by Crippen LogP contribution is 2.38. The fraction of sp³-hybridized carbons (Fsp3) is 0.583. The van der Waals surface area contributed by atoms with Gasteiger partial charge in [-0.15, -0.1) is 0 Å². The highest BCUT2D eigenvalue weighted by molar-refractivity contribution is 6.54. The van der Waals surface area contributed by atoms with Crippen molar-refractivity contribution < 1.29 is 9.31 Å². The Labute approximate surface area is 104 Å². The summed E-state index contributed by atoms with van der Waals surface area (Å²) >= 11 is 0. The molecule has 0 spiro atoms. The van der Waals surface area contributed by atoms with Gasteiger partial charge >= 0.3 is 7.12 Å². The lowest BCUT2D eigenvalue weighted by Crippen LogP contribution is -2.41. The van der Waals surface area contributed by atoms with Crippen LogP contribution in [-0.4, -0.2) is 25.0 Å². The van der Waals surface area contributed by atoms with Gasteiger partial charge in [-0.25, -0.2) is 4.99 Å². The van der Waals surface area contributed by atoms with Gasteiger partial charge in [-0.05, 0) is 52.9 Å². The van der Waals surface area contributed by atoms with Crippen LogP contribution in [0.15, 0.2) is 28.4 Å². The van der Waals surface area contributed by atoms with Crippen molar-refractivity contribution >= 4 is 13.8 Å². The molecular formula is C12H21BN2O2. The standard InChI is InChI=1S/C12H21BN2O2/c1-9(7-8-10(14)15-6)13-16-11(2,3)12(4,5)17-13/h7-8H,6,14H2,1-5H3/b9-7+,10-8-. The molecule has 2 N–H and O–H groups in total. The van der Waals surface area contributed by atoms with Crippen molar-refractivity contribution in [2.24, 2.45) is 10.7 Å². The molecule has 1 aliphatic heterocycles. The lowest BCUT2D eigenvalue weighted by Gasteiger charge is -2.32. The Bertz CT molecular complexity index is 357. The van der Waals surface area contributed by atoms with Gasteiger partial charge in [0.15, 0.2) is 0 Å². The molecule has 0 bridgehead atoms. The largest absolute Gasteiger partial charge is 0.490 e. The van der Waals surface area contributed by atoms with Gasteiger partial charge in [-0.1, -0.05) is 6.08 Å². The molecule has 1 rings (SSSR count). The van der Waals surface area contributed by atoms with Crippen LogP contribution in [0.1, 0.15) is 34.6 Å². The second-order valence-electron chi connectivity index (χ2n) is 5.25. The van der Waals surface area contributed by atoms with Crippen molar-refractivity contribution in [3.05, 3.63) is 23.4 Å². The Morgan fingerprint density at radius 1 is 1.18 bits per heavy atom. The number of aliphatic imine (C=N–C) groups is 1. The maximum Gasteiger partial charge on any atom is 0.490 e. The van der Waals surface area contributed by atoms with E-state index in [1.54, 1.807) is 6.08 Å². The van der Waals surface area contributed by atoms with Gasteiger partial charge in [0, 0.05) is 0 Å². The summed E-state index contributed by atoms with van der Waals surface area (Å²) in [6, 6.07) is 0. The topological polar surface area (TPSA) is 56.8 Å². The van der Waals surface area contributed by atoms with E-state index in [4.69, 9.17) is 15.0 Å². The summed E-state index contributed by atoms with van der Waals surface area (Å²) < 4.78 is 11.8. The molecular weight excluding hydrogens is 215 g/mol. The van der Waals surface area contributed by atoms with Crippen LogP contribution < -0.4 is 5.73 Å². The first-order chi connectivity index (χ1) is 7.69. The fourth-order valence-corrected chi connectivity index (χ4v) is 1.38. The highest BCUT2D eigenvalue weighted by atomic mass is 16.7. The first-order valence-electron chi connectivity index (χ1n) is 5.66. The van der Waals surface area contributed by atoms with Crippen LogP contribution in [0.2, 0.25) is 0 Å². The van der Waals surface area contributed by atoms with Crippen molar-refractivity contribution in [2.75, 3.05) is 0 Å². The predicted octanol–water partition coefficient (Wildman–Crippen LogP) is 2.06. The Hall–Kier alpha value is -1.07. The predicted molar refractivity (Wildman–Crippen MR) is 71.7 cm³/mol. The molecule has 0 atom stereocenters. The molecule has 0 aromatic heterocycles. The number of rotatable bonds is 3. The van der Waals surface area contributed by atoms with E-state index in [0.29, 0.717) is 5.82 Å². The molecule has 5 heteroatoms. The Kier molecular flexibility index (Phi) is 3.84. The normalized spacial score (nSPS) is 23.9. The lowest BCUT2D eigenvalue weighted by molar-refractivity contribution is 0.00578. The van der Waals surface area contributed by atoms with Gasteiger partial charge in [-0.2, -0.15) is 0 Å². The maximum absolute atomic E-state index is 5.88. The van der Waals surface area contributed by atoms with E-state index >= 15 is 0 Å². The fourth-order valence-electron chi connectivity index (χ4n) is 1.38. The van der Waals surface area contributed by atoms with Crippen molar-refractivity contribution in [3.63, 3.8) is 0 Å². The number of nitrogens with zero attached hydrogens (tertiary/aromatic N) is 1. The second kappa shape index (κ2) is 4.66. The zero-order chi connectivity index (χ0) is 13.3. The van der Waals surface area contributed by atoms with E-state index in [1.165, 1.54) is 0 Å². The minimum atomic E-state index is -0.339. The summed E-state index contributed by atoms with van der Waals surface area (Å²) in [6.07, 6.45) is 3.53. The third kappa shape index (κ3) is 2.98. The van der Waals surface area contributed by atoms with E-state index in [9.17, 15) is 0 Å². The zero-order valence-electron chi connectivity index (χ0n) is 11.3. The summed E-state index contributed by atoms with van der Waals surface area (Å²) in [4.78, 5) is 3.61. The molecule has 1 fully saturated rings. The van der Waals surface area contributed by atoms with Crippen LogP contribution in [0.5, 0.6) is 0 Å². The van der Waals surface area contributed by atoms with Gasteiger partial charge in [0.25, 0.3) is 0 Å². The van der Waals surface area contributed by atoms with E-state index in [-0.39, 0.29) is 18.3 Å². The smallest absolute Gasteiger partial charge is 0.400 e. The van der Waals surface area contributed by atoms with Crippen LogP contribution in [0.3, 0.4) is 0 Å². The monoisotopic (exact) mass is 236 g/mol. The Morgan fingerprint density at radius 2 is 1.65 bits per heavy atom. The molecule has 0 radical (unpaired) electrons. The molecule has 0 amide bonds. The molecule has 0 unspecified atom stereocenters. The summed E-state index contributed by atoms with van der Waals surface area (Å²) in [5.41, 5.74) is 5.84. The molecule has 0 aromatic carbocycles. The van der Waals surface area contributed by atoms with Crippen molar-refractivity contribution in [1.29, 1.82) is 0 Å². The SMILES string of the molecule is C=N/C(N)=C\C=C(/C)B1OC(C)(C)C(C)(C)O1. The third-order valence-electron chi connectivity index (χ3n) is 3.32.